The first-order valence-electron chi connectivity index (χ1n) is 7.70. The van der Waals surface area contributed by atoms with Crippen LogP contribution in [0, 0.1) is 0 Å². The summed E-state index contributed by atoms with van der Waals surface area (Å²) < 4.78 is 17.9. The maximum atomic E-state index is 12.3. The van der Waals surface area contributed by atoms with Crippen molar-refractivity contribution in [2.45, 2.75) is 19.9 Å². The third kappa shape index (κ3) is 2.69. The van der Waals surface area contributed by atoms with E-state index in [1.165, 1.54) is 13.3 Å². The van der Waals surface area contributed by atoms with Crippen LogP contribution in [-0.4, -0.2) is 41.9 Å². The predicted molar refractivity (Wildman–Crippen MR) is 91.3 cm³/mol. The summed E-state index contributed by atoms with van der Waals surface area (Å²) in [6.45, 7) is 3.38. The lowest BCUT2D eigenvalue weighted by molar-refractivity contribution is -0.114. The topological polar surface area (TPSA) is 87.5 Å². The normalized spacial score (nSPS) is 16.1. The molecular formula is C17H20N4O4. The van der Waals surface area contributed by atoms with Crippen LogP contribution >= 0.6 is 0 Å². The molecule has 0 fully saturated rings. The van der Waals surface area contributed by atoms with Crippen molar-refractivity contribution in [2.24, 2.45) is 0 Å². The van der Waals surface area contributed by atoms with E-state index in [4.69, 9.17) is 14.2 Å². The fourth-order valence-electron chi connectivity index (χ4n) is 3.11. The number of carbonyl (C=O) groups excluding carboxylic acids is 1. The van der Waals surface area contributed by atoms with E-state index in [0.29, 0.717) is 28.8 Å². The molecule has 1 atom stereocenters. The van der Waals surface area contributed by atoms with Crippen LogP contribution in [0.5, 0.6) is 17.2 Å². The lowest BCUT2D eigenvalue weighted by Gasteiger charge is -2.28. The maximum absolute atomic E-state index is 12.3. The Hall–Kier alpha value is -3.03. The highest BCUT2D eigenvalue weighted by atomic mass is 16.5. The molecule has 0 unspecified atom stereocenters. The average molecular weight is 344 g/mol. The maximum Gasteiger partial charge on any atom is 0.226 e. The predicted octanol–water partition coefficient (Wildman–Crippen LogP) is 2.18. The van der Waals surface area contributed by atoms with Gasteiger partial charge in [0, 0.05) is 11.3 Å². The van der Waals surface area contributed by atoms with E-state index >= 15 is 0 Å². The summed E-state index contributed by atoms with van der Waals surface area (Å²) in [4.78, 5) is 16.5. The Morgan fingerprint density at radius 2 is 1.80 bits per heavy atom. The van der Waals surface area contributed by atoms with Crippen LogP contribution in [0.3, 0.4) is 0 Å². The van der Waals surface area contributed by atoms with Crippen molar-refractivity contribution in [3.63, 3.8) is 0 Å². The minimum Gasteiger partial charge on any atom is -0.493 e. The second kappa shape index (κ2) is 6.46. The van der Waals surface area contributed by atoms with Crippen LogP contribution in [0.15, 0.2) is 29.7 Å². The molecule has 1 aromatic heterocycles. The zero-order valence-corrected chi connectivity index (χ0v) is 14.8. The summed E-state index contributed by atoms with van der Waals surface area (Å²) in [5, 5.41) is 7.39. The molecule has 8 nitrogen and oxygen atoms in total. The third-order valence-electron chi connectivity index (χ3n) is 4.18. The first kappa shape index (κ1) is 16.8. The van der Waals surface area contributed by atoms with Gasteiger partial charge in [0.25, 0.3) is 0 Å². The number of anilines is 1. The van der Waals surface area contributed by atoms with Gasteiger partial charge in [-0.3, -0.25) is 4.79 Å². The molecule has 132 valence electrons. The zero-order chi connectivity index (χ0) is 18.1. The van der Waals surface area contributed by atoms with Crippen LogP contribution in [-0.2, 0) is 4.79 Å². The molecule has 2 heterocycles. The number of ketones is 1. The molecule has 0 saturated heterocycles. The van der Waals surface area contributed by atoms with E-state index < -0.39 is 6.04 Å². The van der Waals surface area contributed by atoms with Gasteiger partial charge in [-0.1, -0.05) is 0 Å². The van der Waals surface area contributed by atoms with Gasteiger partial charge in [0.2, 0.25) is 11.7 Å². The molecule has 0 bridgehead atoms. The fraction of sp³-hybridized carbons (Fsp3) is 0.353. The lowest BCUT2D eigenvalue weighted by atomic mass is 9.92. The Morgan fingerprint density at radius 1 is 1.16 bits per heavy atom. The van der Waals surface area contributed by atoms with Gasteiger partial charge in [-0.15, -0.1) is 0 Å². The Bertz CT molecular complexity index is 831. The van der Waals surface area contributed by atoms with E-state index in [9.17, 15) is 4.79 Å². The number of nitrogens with zero attached hydrogens (tertiary/aromatic N) is 3. The molecule has 0 saturated carbocycles. The quantitative estimate of drug-likeness (QED) is 0.889. The summed E-state index contributed by atoms with van der Waals surface area (Å²) in [5.41, 5.74) is 2.13. The number of aromatic nitrogens is 3. The summed E-state index contributed by atoms with van der Waals surface area (Å²) in [5.74, 6) is 2.04. The summed E-state index contributed by atoms with van der Waals surface area (Å²) in [6.07, 6.45) is 1.45. The summed E-state index contributed by atoms with van der Waals surface area (Å²) >= 11 is 0. The fourth-order valence-corrected chi connectivity index (χ4v) is 3.11. The van der Waals surface area contributed by atoms with Crippen molar-refractivity contribution >= 4 is 11.7 Å². The minimum atomic E-state index is -0.440. The van der Waals surface area contributed by atoms with Gasteiger partial charge < -0.3 is 19.5 Å². The molecule has 0 aliphatic carbocycles. The van der Waals surface area contributed by atoms with E-state index in [2.05, 4.69) is 15.4 Å². The molecule has 3 rings (SSSR count). The smallest absolute Gasteiger partial charge is 0.226 e. The molecule has 0 radical (unpaired) electrons. The van der Waals surface area contributed by atoms with Crippen LogP contribution in [0.1, 0.15) is 25.5 Å². The van der Waals surface area contributed by atoms with Crippen molar-refractivity contribution in [2.75, 3.05) is 26.6 Å². The molecular weight excluding hydrogens is 324 g/mol. The number of allylic oxidation sites excluding steroid dienone is 2. The molecule has 25 heavy (non-hydrogen) atoms. The molecule has 8 heteroatoms. The van der Waals surface area contributed by atoms with Gasteiger partial charge in [0.05, 0.1) is 21.3 Å². The highest BCUT2D eigenvalue weighted by Gasteiger charge is 2.33. The standard InChI is InChI=1S/C17H20N4O4/c1-9-14(10(2)22)15(21-17(20-9)18-8-19-21)11-6-12(23-3)16(25-5)13(7-11)24-4/h6-8,15H,1-5H3,(H,18,19,20)/t15-/m1/s1. The average Bonchev–Trinajstić information content (AvgIpc) is 3.06. The van der Waals surface area contributed by atoms with Crippen LogP contribution in [0.25, 0.3) is 0 Å². The van der Waals surface area contributed by atoms with Gasteiger partial charge >= 0.3 is 0 Å². The SMILES string of the molecule is COc1cc([C@@H]2C(C(C)=O)=C(C)Nc3ncnn32)cc(OC)c1OC. The highest BCUT2D eigenvalue weighted by molar-refractivity contribution is 5.96. The number of carbonyl (C=O) groups is 1. The van der Waals surface area contributed by atoms with E-state index in [-0.39, 0.29) is 5.78 Å². The Balaban J connectivity index is 2.25. The van der Waals surface area contributed by atoms with Gasteiger partial charge in [-0.2, -0.15) is 10.1 Å². The van der Waals surface area contributed by atoms with Crippen molar-refractivity contribution in [1.29, 1.82) is 0 Å². The second-order valence-electron chi connectivity index (χ2n) is 5.61. The van der Waals surface area contributed by atoms with Crippen LogP contribution in [0.2, 0.25) is 0 Å². The lowest BCUT2D eigenvalue weighted by Crippen LogP contribution is -2.27. The first-order chi connectivity index (χ1) is 12.0. The number of ether oxygens (including phenoxy) is 3. The highest BCUT2D eigenvalue weighted by Crippen LogP contribution is 2.43. The number of Topliss-reactive ketones (excluding diaryl/α,β-unsaturated/α-hetero) is 1. The number of rotatable bonds is 5. The summed E-state index contributed by atoms with van der Waals surface area (Å²) in [7, 11) is 4.65. The minimum absolute atomic E-state index is 0.0510. The van der Waals surface area contributed by atoms with Gasteiger partial charge in [0.1, 0.15) is 12.4 Å². The largest absolute Gasteiger partial charge is 0.493 e. The van der Waals surface area contributed by atoms with Crippen molar-refractivity contribution in [3.05, 3.63) is 35.3 Å². The van der Waals surface area contributed by atoms with Gasteiger partial charge in [-0.05, 0) is 31.5 Å². The van der Waals surface area contributed by atoms with Gasteiger partial charge in [0.15, 0.2) is 17.3 Å². The molecule has 1 aliphatic heterocycles. The van der Waals surface area contributed by atoms with E-state index in [1.54, 1.807) is 26.0 Å². The number of benzene rings is 1. The van der Waals surface area contributed by atoms with Crippen molar-refractivity contribution < 1.29 is 19.0 Å². The third-order valence-corrected chi connectivity index (χ3v) is 4.18. The molecule has 1 N–H and O–H groups in total. The second-order valence-corrected chi connectivity index (χ2v) is 5.61. The Morgan fingerprint density at radius 3 is 2.32 bits per heavy atom. The molecule has 2 aromatic rings. The number of fused-ring (bicyclic) bond motifs is 1. The molecule has 1 aliphatic rings. The van der Waals surface area contributed by atoms with E-state index in [1.807, 2.05) is 19.1 Å². The Kier molecular flexibility index (Phi) is 4.35. The molecule has 0 amide bonds. The Labute approximate surface area is 145 Å². The number of methoxy groups -OCH3 is 3. The van der Waals surface area contributed by atoms with Gasteiger partial charge in [-0.25, -0.2) is 4.68 Å². The molecule has 0 spiro atoms. The number of nitrogens with one attached hydrogen (secondary N) is 1. The number of hydrogen-bond acceptors (Lipinski definition) is 7. The first-order valence-corrected chi connectivity index (χ1v) is 7.70. The van der Waals surface area contributed by atoms with Crippen LogP contribution < -0.4 is 19.5 Å². The molecule has 1 aromatic carbocycles. The summed E-state index contributed by atoms with van der Waals surface area (Å²) in [6, 6.07) is 3.20. The van der Waals surface area contributed by atoms with E-state index in [0.717, 1.165) is 11.3 Å². The van der Waals surface area contributed by atoms with Crippen LogP contribution in [0.4, 0.5) is 5.95 Å². The number of hydrogen-bond donors (Lipinski definition) is 1. The monoisotopic (exact) mass is 344 g/mol. The van der Waals surface area contributed by atoms with Crippen molar-refractivity contribution in [3.8, 4) is 17.2 Å². The zero-order valence-electron chi connectivity index (χ0n) is 14.8. The van der Waals surface area contributed by atoms with Crippen molar-refractivity contribution in [1.82, 2.24) is 14.8 Å².